The molecule has 0 saturated carbocycles. The normalized spacial score (nSPS) is 32.8. The van der Waals surface area contributed by atoms with Crippen molar-refractivity contribution in [2.75, 3.05) is 0 Å². The summed E-state index contributed by atoms with van der Waals surface area (Å²) >= 11 is 6.14. The summed E-state index contributed by atoms with van der Waals surface area (Å²) in [5.74, 6) is 1.18. The summed E-state index contributed by atoms with van der Waals surface area (Å²) in [4.78, 5) is 6.62. The summed E-state index contributed by atoms with van der Waals surface area (Å²) in [6, 6.07) is 18.9. The molecule has 6 rings (SSSR count). The van der Waals surface area contributed by atoms with E-state index in [1.807, 2.05) is 0 Å². The minimum atomic E-state index is 0.580. The van der Waals surface area contributed by atoms with Crippen LogP contribution in [0.1, 0.15) is 47.9 Å². The molecule has 1 aromatic heterocycles. The van der Waals surface area contributed by atoms with E-state index in [0.717, 1.165) is 17.6 Å². The van der Waals surface area contributed by atoms with E-state index in [9.17, 15) is 0 Å². The van der Waals surface area contributed by atoms with Gasteiger partial charge in [-0.1, -0.05) is 41.9 Å². The number of aromatic amines is 1. The zero-order valence-electron chi connectivity index (χ0n) is 14.1. The number of rotatable bonds is 1. The molecule has 3 aromatic rings. The monoisotopic (exact) mass is 348 g/mol. The maximum absolute atomic E-state index is 6.14. The number of halogens is 1. The average Bonchev–Trinajstić information content (AvgIpc) is 3.13. The van der Waals surface area contributed by atoms with Gasteiger partial charge in [0.25, 0.3) is 0 Å². The van der Waals surface area contributed by atoms with Crippen molar-refractivity contribution in [1.29, 1.82) is 0 Å². The third kappa shape index (κ3) is 1.95. The van der Waals surface area contributed by atoms with E-state index in [2.05, 4.69) is 58.4 Å². The number of hydrogen-bond donors (Lipinski definition) is 1. The molecule has 5 atom stereocenters. The van der Waals surface area contributed by atoms with Crippen molar-refractivity contribution in [3.8, 4) is 0 Å². The van der Waals surface area contributed by atoms with Crippen LogP contribution in [0.15, 0.2) is 48.5 Å². The third-order valence-electron chi connectivity index (χ3n) is 6.88. The molecule has 0 amide bonds. The molecule has 2 fully saturated rings. The molecule has 0 spiro atoms. The Kier molecular flexibility index (Phi) is 2.95. The molecule has 3 heteroatoms. The first kappa shape index (κ1) is 14.4. The zero-order chi connectivity index (χ0) is 16.5. The number of para-hydroxylation sites is 1. The number of H-pyrrole nitrogens is 1. The lowest BCUT2D eigenvalue weighted by Gasteiger charge is -2.48. The number of fused-ring (bicyclic) bond motifs is 4. The maximum Gasteiger partial charge on any atom is 0.0459 e. The van der Waals surface area contributed by atoms with Crippen LogP contribution in [0.2, 0.25) is 5.02 Å². The van der Waals surface area contributed by atoms with Gasteiger partial charge < -0.3 is 4.98 Å². The van der Waals surface area contributed by atoms with Gasteiger partial charge in [0.15, 0.2) is 0 Å². The molecule has 1 N–H and O–H groups in total. The predicted octanol–water partition coefficient (Wildman–Crippen LogP) is 5.44. The van der Waals surface area contributed by atoms with Gasteiger partial charge >= 0.3 is 0 Å². The Hall–Kier alpha value is -1.77. The minimum Gasteiger partial charge on any atom is -0.358 e. The molecule has 4 heterocycles. The fourth-order valence-corrected chi connectivity index (χ4v) is 5.99. The van der Waals surface area contributed by atoms with E-state index in [1.54, 1.807) is 5.56 Å². The summed E-state index contributed by atoms with van der Waals surface area (Å²) < 4.78 is 0. The van der Waals surface area contributed by atoms with Gasteiger partial charge in [-0.2, -0.15) is 0 Å². The number of aromatic nitrogens is 1. The van der Waals surface area contributed by atoms with Crippen LogP contribution < -0.4 is 0 Å². The van der Waals surface area contributed by atoms with Gasteiger partial charge in [-0.25, -0.2) is 0 Å². The molecule has 2 aromatic carbocycles. The SMILES string of the molecule is Clc1ccc([C@H]2CC3CCC4C2c2[nH]c5ccccc5c2CN34)cc1. The molecule has 0 radical (unpaired) electrons. The Bertz CT molecular complexity index is 958. The summed E-state index contributed by atoms with van der Waals surface area (Å²) in [6.07, 6.45) is 3.97. The second kappa shape index (κ2) is 5.12. The molecular formula is C22H21ClN2. The number of nitrogens with one attached hydrogen (secondary N) is 1. The highest BCUT2D eigenvalue weighted by molar-refractivity contribution is 6.30. The molecule has 4 bridgehead atoms. The highest BCUT2D eigenvalue weighted by atomic mass is 35.5. The average molecular weight is 349 g/mol. The van der Waals surface area contributed by atoms with Crippen LogP contribution in [-0.2, 0) is 6.54 Å². The molecule has 3 aliphatic heterocycles. The largest absolute Gasteiger partial charge is 0.358 e. The van der Waals surface area contributed by atoms with Crippen LogP contribution in [0.5, 0.6) is 0 Å². The lowest BCUT2D eigenvalue weighted by Crippen LogP contribution is -2.49. The van der Waals surface area contributed by atoms with Gasteiger partial charge in [-0.3, -0.25) is 4.90 Å². The summed E-state index contributed by atoms with van der Waals surface area (Å²) in [7, 11) is 0. The van der Waals surface area contributed by atoms with Crippen molar-refractivity contribution in [3.05, 3.63) is 70.4 Å². The van der Waals surface area contributed by atoms with Crippen LogP contribution in [0.3, 0.4) is 0 Å². The quantitative estimate of drug-likeness (QED) is 0.620. The van der Waals surface area contributed by atoms with Crippen molar-refractivity contribution in [2.45, 2.75) is 49.7 Å². The van der Waals surface area contributed by atoms with Crippen molar-refractivity contribution in [1.82, 2.24) is 9.88 Å². The van der Waals surface area contributed by atoms with Gasteiger partial charge in [0.1, 0.15) is 0 Å². The first-order chi connectivity index (χ1) is 12.3. The van der Waals surface area contributed by atoms with Crippen molar-refractivity contribution >= 4 is 22.5 Å². The minimum absolute atomic E-state index is 0.580. The van der Waals surface area contributed by atoms with E-state index in [0.29, 0.717) is 17.9 Å². The molecule has 4 unspecified atom stereocenters. The fraction of sp³-hybridized carbons (Fsp3) is 0.364. The number of benzene rings is 2. The Labute approximate surface area is 152 Å². The van der Waals surface area contributed by atoms with Crippen LogP contribution >= 0.6 is 11.6 Å². The number of hydrogen-bond acceptors (Lipinski definition) is 1. The van der Waals surface area contributed by atoms with E-state index in [-0.39, 0.29) is 0 Å². The highest BCUT2D eigenvalue weighted by Gasteiger charge is 2.51. The van der Waals surface area contributed by atoms with E-state index in [4.69, 9.17) is 11.6 Å². The third-order valence-corrected chi connectivity index (χ3v) is 7.14. The molecule has 3 aliphatic rings. The second-order valence-corrected chi connectivity index (χ2v) is 8.39. The molecule has 126 valence electrons. The van der Waals surface area contributed by atoms with Gasteiger partial charge in [0.2, 0.25) is 0 Å². The Balaban J connectivity index is 1.55. The zero-order valence-corrected chi connectivity index (χ0v) is 14.8. The van der Waals surface area contributed by atoms with E-state index >= 15 is 0 Å². The highest BCUT2D eigenvalue weighted by Crippen LogP contribution is 2.55. The topological polar surface area (TPSA) is 19.0 Å². The lowest BCUT2D eigenvalue weighted by atomic mass is 9.71. The van der Waals surface area contributed by atoms with Crippen molar-refractivity contribution in [3.63, 3.8) is 0 Å². The molecule has 2 saturated heterocycles. The molecule has 2 nitrogen and oxygen atoms in total. The van der Waals surface area contributed by atoms with Gasteiger partial charge in [-0.15, -0.1) is 0 Å². The summed E-state index contributed by atoms with van der Waals surface area (Å²) in [5.41, 5.74) is 5.80. The van der Waals surface area contributed by atoms with Crippen molar-refractivity contribution < 1.29 is 0 Å². The van der Waals surface area contributed by atoms with Crippen LogP contribution in [0.25, 0.3) is 10.9 Å². The Morgan fingerprint density at radius 1 is 1.00 bits per heavy atom. The predicted molar refractivity (Wildman–Crippen MR) is 102 cm³/mol. The first-order valence-electron chi connectivity index (χ1n) is 9.40. The standard InChI is InChI=1S/C22H21ClN2/c23-14-7-5-13(6-8-14)17-11-15-9-10-20-21(17)22-18(12-25(15)20)16-3-1-2-4-19(16)24-22/h1-8,15,17,20-21,24H,9-12H2/t15?,17-,20?,21?/m1/s1. The van der Waals surface area contributed by atoms with Gasteiger partial charge in [0.05, 0.1) is 0 Å². The van der Waals surface area contributed by atoms with Gasteiger partial charge in [-0.05, 0) is 54.5 Å². The number of piperidine rings is 1. The van der Waals surface area contributed by atoms with Gasteiger partial charge in [0, 0.05) is 46.2 Å². The van der Waals surface area contributed by atoms with Crippen LogP contribution in [0.4, 0.5) is 0 Å². The summed E-state index contributed by atoms with van der Waals surface area (Å²) in [6.45, 7) is 1.12. The lowest BCUT2D eigenvalue weighted by molar-refractivity contribution is 0.0822. The summed E-state index contributed by atoms with van der Waals surface area (Å²) in [5, 5.41) is 2.25. The fourth-order valence-electron chi connectivity index (χ4n) is 5.86. The van der Waals surface area contributed by atoms with E-state index in [1.165, 1.54) is 41.4 Å². The van der Waals surface area contributed by atoms with E-state index < -0.39 is 0 Å². The maximum atomic E-state index is 6.14. The van der Waals surface area contributed by atoms with Crippen LogP contribution in [0, 0.1) is 0 Å². The van der Waals surface area contributed by atoms with Crippen molar-refractivity contribution in [2.24, 2.45) is 0 Å². The number of nitrogens with zero attached hydrogens (tertiary/aromatic N) is 1. The first-order valence-corrected chi connectivity index (χ1v) is 9.78. The molecule has 0 aliphatic carbocycles. The second-order valence-electron chi connectivity index (χ2n) is 7.95. The molecular weight excluding hydrogens is 328 g/mol. The molecule has 25 heavy (non-hydrogen) atoms. The Morgan fingerprint density at radius 2 is 1.84 bits per heavy atom. The Morgan fingerprint density at radius 3 is 2.72 bits per heavy atom. The smallest absolute Gasteiger partial charge is 0.0459 e. The van der Waals surface area contributed by atoms with Crippen LogP contribution in [-0.4, -0.2) is 22.0 Å².